The Morgan fingerprint density at radius 1 is 1.39 bits per heavy atom. The highest BCUT2D eigenvalue weighted by molar-refractivity contribution is 9.10. The van der Waals surface area contributed by atoms with Crippen molar-refractivity contribution in [3.8, 4) is 0 Å². The molecule has 0 N–H and O–H groups in total. The average Bonchev–Trinajstić information content (AvgIpc) is 2.41. The van der Waals surface area contributed by atoms with Crippen molar-refractivity contribution in [2.24, 2.45) is 11.8 Å². The smallest absolute Gasteiger partial charge is 0.167 e. The largest absolute Gasteiger partial charge is 0.294 e. The van der Waals surface area contributed by atoms with Crippen LogP contribution in [0.4, 0.5) is 4.39 Å². The third kappa shape index (κ3) is 2.66. The molecule has 0 spiro atoms. The van der Waals surface area contributed by atoms with Crippen molar-refractivity contribution in [2.75, 3.05) is 0 Å². The molecule has 1 aliphatic rings. The molecule has 2 unspecified atom stereocenters. The highest BCUT2D eigenvalue weighted by Gasteiger charge is 2.31. The Morgan fingerprint density at radius 2 is 2.11 bits per heavy atom. The van der Waals surface area contributed by atoms with E-state index in [1.165, 1.54) is 12.5 Å². The molecule has 1 saturated carbocycles. The molecule has 0 saturated heterocycles. The van der Waals surface area contributed by atoms with Gasteiger partial charge in [0.2, 0.25) is 0 Å². The quantitative estimate of drug-likeness (QED) is 0.719. The molecule has 1 aliphatic carbocycles. The lowest BCUT2D eigenvalue weighted by Crippen LogP contribution is -2.27. The minimum atomic E-state index is -0.357. The van der Waals surface area contributed by atoms with Crippen LogP contribution in [0.25, 0.3) is 0 Å². The lowest BCUT2D eigenvalue weighted by molar-refractivity contribution is 0.0819. The minimum Gasteiger partial charge on any atom is -0.294 e. The number of ketones is 1. The maximum absolute atomic E-state index is 13.5. The lowest BCUT2D eigenvalue weighted by atomic mass is 9.74. The van der Waals surface area contributed by atoms with Gasteiger partial charge >= 0.3 is 0 Å². The molecule has 0 heterocycles. The number of Topliss-reactive ketones (excluding diaryl/α,β-unsaturated/α-hetero) is 1. The highest BCUT2D eigenvalue weighted by atomic mass is 79.9. The molecular weight excluding hydrogens is 295 g/mol. The fourth-order valence-corrected chi connectivity index (χ4v) is 3.40. The van der Waals surface area contributed by atoms with Gasteiger partial charge in [-0.3, -0.25) is 4.79 Å². The molecule has 0 bridgehead atoms. The van der Waals surface area contributed by atoms with E-state index in [2.05, 4.69) is 22.9 Å². The Balaban J connectivity index is 2.27. The van der Waals surface area contributed by atoms with E-state index in [4.69, 9.17) is 0 Å². The molecule has 0 radical (unpaired) electrons. The average molecular weight is 313 g/mol. The third-order valence-corrected chi connectivity index (χ3v) is 4.79. The van der Waals surface area contributed by atoms with Gasteiger partial charge < -0.3 is 0 Å². The number of rotatable bonds is 3. The Bertz CT molecular complexity index is 444. The fraction of sp³-hybridized carbons (Fsp3) is 0.533. The molecular formula is C15H18BrFO. The van der Waals surface area contributed by atoms with Crippen LogP contribution >= 0.6 is 15.9 Å². The van der Waals surface area contributed by atoms with Gasteiger partial charge in [-0.15, -0.1) is 0 Å². The summed E-state index contributed by atoms with van der Waals surface area (Å²) in [5, 5.41) is 0. The monoisotopic (exact) mass is 312 g/mol. The molecule has 1 aromatic carbocycles. The van der Waals surface area contributed by atoms with Crippen LogP contribution < -0.4 is 0 Å². The first-order chi connectivity index (χ1) is 8.65. The maximum atomic E-state index is 13.5. The number of hydrogen-bond donors (Lipinski definition) is 0. The topological polar surface area (TPSA) is 17.1 Å². The van der Waals surface area contributed by atoms with E-state index >= 15 is 0 Å². The summed E-state index contributed by atoms with van der Waals surface area (Å²) in [7, 11) is 0. The molecule has 0 aliphatic heterocycles. The van der Waals surface area contributed by atoms with E-state index < -0.39 is 0 Å². The highest BCUT2D eigenvalue weighted by Crippen LogP contribution is 2.36. The summed E-state index contributed by atoms with van der Waals surface area (Å²) in [5.74, 6) is 0.279. The molecule has 3 heteroatoms. The lowest BCUT2D eigenvalue weighted by Gasteiger charge is -2.29. The molecule has 18 heavy (non-hydrogen) atoms. The van der Waals surface area contributed by atoms with Gasteiger partial charge in [0.1, 0.15) is 5.82 Å². The van der Waals surface area contributed by atoms with Gasteiger partial charge in [0.05, 0.1) is 4.47 Å². The molecule has 2 atom stereocenters. The SMILES string of the molecule is CCC1CCCCC1C(=O)c1cccc(F)c1Br. The summed E-state index contributed by atoms with van der Waals surface area (Å²) in [5.41, 5.74) is 0.500. The second-order valence-electron chi connectivity index (χ2n) is 5.02. The number of carbonyl (C=O) groups excluding carboxylic acids is 1. The van der Waals surface area contributed by atoms with E-state index in [0.29, 0.717) is 16.0 Å². The van der Waals surface area contributed by atoms with Gasteiger partial charge in [0.15, 0.2) is 5.78 Å². The van der Waals surface area contributed by atoms with E-state index in [-0.39, 0.29) is 17.5 Å². The first-order valence-corrected chi connectivity index (χ1v) is 7.42. The summed E-state index contributed by atoms with van der Waals surface area (Å²) in [6.45, 7) is 2.14. The zero-order valence-corrected chi connectivity index (χ0v) is 12.2. The zero-order valence-electron chi connectivity index (χ0n) is 10.6. The van der Waals surface area contributed by atoms with Crippen molar-refractivity contribution in [1.82, 2.24) is 0 Å². The number of carbonyl (C=O) groups is 1. The molecule has 2 rings (SSSR count). The van der Waals surface area contributed by atoms with Crippen LogP contribution in [0.1, 0.15) is 49.4 Å². The van der Waals surface area contributed by atoms with Gasteiger partial charge in [0, 0.05) is 11.5 Å². The van der Waals surface area contributed by atoms with Crippen LogP contribution in [0.5, 0.6) is 0 Å². The predicted molar refractivity (Wildman–Crippen MR) is 74.2 cm³/mol. The molecule has 1 aromatic rings. The van der Waals surface area contributed by atoms with Crippen LogP contribution in [0.15, 0.2) is 22.7 Å². The van der Waals surface area contributed by atoms with E-state index in [0.717, 1.165) is 25.7 Å². The molecule has 1 nitrogen and oxygen atoms in total. The second kappa shape index (κ2) is 5.96. The fourth-order valence-electron chi connectivity index (χ4n) is 2.94. The van der Waals surface area contributed by atoms with Gasteiger partial charge in [-0.1, -0.05) is 38.3 Å². The molecule has 1 fully saturated rings. The summed E-state index contributed by atoms with van der Waals surface area (Å²) in [6.07, 6.45) is 5.43. The third-order valence-electron chi connectivity index (χ3n) is 3.99. The summed E-state index contributed by atoms with van der Waals surface area (Å²) in [4.78, 5) is 12.5. The first kappa shape index (κ1) is 13.7. The van der Waals surface area contributed by atoms with Gasteiger partial charge in [-0.25, -0.2) is 4.39 Å². The maximum Gasteiger partial charge on any atom is 0.167 e. The number of hydrogen-bond acceptors (Lipinski definition) is 1. The van der Waals surface area contributed by atoms with Crippen molar-refractivity contribution < 1.29 is 9.18 Å². The van der Waals surface area contributed by atoms with Crippen LogP contribution in [0.2, 0.25) is 0 Å². The Hall–Kier alpha value is -0.700. The minimum absolute atomic E-state index is 0.0712. The standard InChI is InChI=1S/C15H18BrFO/c1-2-10-6-3-4-7-11(10)15(18)12-8-5-9-13(17)14(12)16/h5,8-11H,2-4,6-7H2,1H3. The second-order valence-corrected chi connectivity index (χ2v) is 5.82. The van der Waals surface area contributed by atoms with Crippen molar-refractivity contribution in [3.63, 3.8) is 0 Å². The van der Waals surface area contributed by atoms with Crippen LogP contribution in [0.3, 0.4) is 0 Å². The van der Waals surface area contributed by atoms with Crippen molar-refractivity contribution in [2.45, 2.75) is 39.0 Å². The van der Waals surface area contributed by atoms with Crippen molar-refractivity contribution in [3.05, 3.63) is 34.1 Å². The van der Waals surface area contributed by atoms with Crippen LogP contribution in [-0.4, -0.2) is 5.78 Å². The molecule has 0 aromatic heterocycles. The van der Waals surface area contributed by atoms with Crippen LogP contribution in [0, 0.1) is 17.7 Å². The molecule has 0 amide bonds. The summed E-state index contributed by atoms with van der Waals surface area (Å²) < 4.78 is 13.8. The number of benzene rings is 1. The van der Waals surface area contributed by atoms with Gasteiger partial charge in [-0.2, -0.15) is 0 Å². The van der Waals surface area contributed by atoms with E-state index in [9.17, 15) is 9.18 Å². The van der Waals surface area contributed by atoms with Gasteiger partial charge in [-0.05, 0) is 40.8 Å². The van der Waals surface area contributed by atoms with Crippen molar-refractivity contribution >= 4 is 21.7 Å². The van der Waals surface area contributed by atoms with Crippen molar-refractivity contribution in [1.29, 1.82) is 0 Å². The van der Waals surface area contributed by atoms with E-state index in [1.807, 2.05) is 0 Å². The summed E-state index contributed by atoms with van der Waals surface area (Å²) >= 11 is 3.19. The predicted octanol–water partition coefficient (Wildman–Crippen LogP) is 4.99. The van der Waals surface area contributed by atoms with E-state index in [1.54, 1.807) is 12.1 Å². The van der Waals surface area contributed by atoms with Crippen LogP contribution in [-0.2, 0) is 0 Å². The first-order valence-electron chi connectivity index (χ1n) is 6.63. The summed E-state index contributed by atoms with van der Waals surface area (Å²) in [6, 6.07) is 4.70. The Labute approximate surface area is 116 Å². The Kier molecular flexibility index (Phi) is 4.55. The Morgan fingerprint density at radius 3 is 2.83 bits per heavy atom. The zero-order chi connectivity index (χ0) is 13.1. The number of halogens is 2. The normalized spacial score (nSPS) is 23.9. The van der Waals surface area contributed by atoms with Gasteiger partial charge in [0.25, 0.3) is 0 Å². The molecule has 98 valence electrons.